The second-order valence-corrected chi connectivity index (χ2v) is 5.99. The maximum atomic E-state index is 10.7. The Morgan fingerprint density at radius 3 is 2.57 bits per heavy atom. The van der Waals surface area contributed by atoms with Crippen LogP contribution in [0.4, 0.5) is 0 Å². The van der Waals surface area contributed by atoms with E-state index in [2.05, 4.69) is 15.9 Å². The van der Waals surface area contributed by atoms with Crippen LogP contribution in [-0.4, -0.2) is 18.8 Å². The fourth-order valence-electron chi connectivity index (χ4n) is 2.35. The molecule has 0 amide bonds. The quantitative estimate of drug-likeness (QED) is 0.839. The Morgan fingerprint density at radius 2 is 1.95 bits per heavy atom. The smallest absolute Gasteiger partial charge is 0.122 e. The Labute approximate surface area is 137 Å². The number of ether oxygens (including phenoxy) is 1. The molecule has 112 valence electrons. The van der Waals surface area contributed by atoms with Gasteiger partial charge in [-0.15, -0.1) is 0 Å². The van der Waals surface area contributed by atoms with Gasteiger partial charge in [-0.1, -0.05) is 45.7 Å². The van der Waals surface area contributed by atoms with Crippen LogP contribution in [0.3, 0.4) is 0 Å². The summed E-state index contributed by atoms with van der Waals surface area (Å²) in [4.78, 5) is 0. The molecule has 2 rings (SSSR count). The zero-order valence-electron chi connectivity index (χ0n) is 11.6. The van der Waals surface area contributed by atoms with Crippen LogP contribution in [-0.2, 0) is 0 Å². The molecule has 0 fully saturated rings. The van der Waals surface area contributed by atoms with Gasteiger partial charge in [0.15, 0.2) is 0 Å². The van der Waals surface area contributed by atoms with Crippen molar-refractivity contribution in [2.75, 3.05) is 13.7 Å². The first kappa shape index (κ1) is 16.3. The normalized spacial score (nSPS) is 13.8. The topological polar surface area (TPSA) is 55.5 Å². The molecular weight excluding hydrogens is 354 g/mol. The molecule has 0 aliphatic carbocycles. The van der Waals surface area contributed by atoms with Crippen molar-refractivity contribution in [2.24, 2.45) is 5.73 Å². The standard InChI is InChI=1S/C16H17BrClNO2/c1-21-15-7-6-10(18)8-12(15)13(9-19)16(20)11-4-2-3-5-14(11)17/h2-8,13,16,20H,9,19H2,1H3. The van der Waals surface area contributed by atoms with Crippen molar-refractivity contribution in [1.82, 2.24) is 0 Å². The van der Waals surface area contributed by atoms with Gasteiger partial charge in [0, 0.05) is 27.5 Å². The number of methoxy groups -OCH3 is 1. The van der Waals surface area contributed by atoms with E-state index in [-0.39, 0.29) is 12.5 Å². The van der Waals surface area contributed by atoms with Crippen LogP contribution in [0.5, 0.6) is 5.75 Å². The summed E-state index contributed by atoms with van der Waals surface area (Å²) in [5.74, 6) is 0.360. The number of halogens is 2. The molecule has 0 radical (unpaired) electrons. The molecule has 2 atom stereocenters. The van der Waals surface area contributed by atoms with Crippen molar-refractivity contribution in [3.63, 3.8) is 0 Å². The van der Waals surface area contributed by atoms with Gasteiger partial charge in [0.25, 0.3) is 0 Å². The van der Waals surface area contributed by atoms with Crippen LogP contribution in [0.25, 0.3) is 0 Å². The van der Waals surface area contributed by atoms with Gasteiger partial charge in [-0.05, 0) is 29.8 Å². The van der Waals surface area contributed by atoms with Crippen LogP contribution >= 0.6 is 27.5 Å². The predicted molar refractivity (Wildman–Crippen MR) is 88.9 cm³/mol. The summed E-state index contributed by atoms with van der Waals surface area (Å²) in [6.07, 6.45) is -0.752. The third-order valence-electron chi connectivity index (χ3n) is 3.45. The van der Waals surface area contributed by atoms with Crippen LogP contribution < -0.4 is 10.5 Å². The lowest BCUT2D eigenvalue weighted by molar-refractivity contribution is 0.145. The fraction of sp³-hybridized carbons (Fsp3) is 0.250. The average Bonchev–Trinajstić information content (AvgIpc) is 2.48. The first-order valence-corrected chi connectivity index (χ1v) is 7.71. The highest BCUT2D eigenvalue weighted by atomic mass is 79.9. The molecule has 0 saturated carbocycles. The molecular formula is C16H17BrClNO2. The van der Waals surface area contributed by atoms with E-state index < -0.39 is 6.10 Å². The highest BCUT2D eigenvalue weighted by molar-refractivity contribution is 9.10. The predicted octanol–water partition coefficient (Wildman–Crippen LogP) is 3.89. The Bertz CT molecular complexity index is 621. The van der Waals surface area contributed by atoms with Gasteiger partial charge >= 0.3 is 0 Å². The number of benzene rings is 2. The van der Waals surface area contributed by atoms with E-state index in [4.69, 9.17) is 22.1 Å². The number of hydrogen-bond donors (Lipinski definition) is 2. The van der Waals surface area contributed by atoms with Gasteiger partial charge in [-0.3, -0.25) is 0 Å². The lowest BCUT2D eigenvalue weighted by Crippen LogP contribution is -2.21. The molecule has 0 aliphatic heterocycles. The summed E-state index contributed by atoms with van der Waals surface area (Å²) >= 11 is 9.53. The SMILES string of the molecule is COc1ccc(Cl)cc1C(CN)C(O)c1ccccc1Br. The van der Waals surface area contributed by atoms with E-state index in [1.165, 1.54) is 0 Å². The van der Waals surface area contributed by atoms with Gasteiger partial charge < -0.3 is 15.6 Å². The van der Waals surface area contributed by atoms with Crippen molar-refractivity contribution in [2.45, 2.75) is 12.0 Å². The molecule has 2 aromatic rings. The number of nitrogens with two attached hydrogens (primary N) is 1. The second kappa shape index (κ2) is 7.27. The molecule has 21 heavy (non-hydrogen) atoms. The van der Waals surface area contributed by atoms with Gasteiger partial charge in [0.2, 0.25) is 0 Å². The van der Waals surface area contributed by atoms with E-state index in [1.54, 1.807) is 25.3 Å². The summed E-state index contributed by atoms with van der Waals surface area (Å²) in [6, 6.07) is 12.9. The Hall–Kier alpha value is -1.07. The number of aliphatic hydroxyl groups is 1. The molecule has 3 nitrogen and oxygen atoms in total. The lowest BCUT2D eigenvalue weighted by atomic mass is 9.88. The summed E-state index contributed by atoms with van der Waals surface area (Å²) in [7, 11) is 1.59. The van der Waals surface area contributed by atoms with Gasteiger partial charge in [-0.2, -0.15) is 0 Å². The lowest BCUT2D eigenvalue weighted by Gasteiger charge is -2.25. The maximum Gasteiger partial charge on any atom is 0.122 e. The minimum atomic E-state index is -0.752. The largest absolute Gasteiger partial charge is 0.496 e. The molecule has 0 saturated heterocycles. The summed E-state index contributed by atoms with van der Waals surface area (Å²) in [5.41, 5.74) is 7.48. The van der Waals surface area contributed by atoms with Gasteiger partial charge in [-0.25, -0.2) is 0 Å². The maximum absolute atomic E-state index is 10.7. The van der Waals surface area contributed by atoms with E-state index in [9.17, 15) is 5.11 Å². The van der Waals surface area contributed by atoms with E-state index in [0.29, 0.717) is 10.8 Å². The zero-order chi connectivity index (χ0) is 15.4. The third-order valence-corrected chi connectivity index (χ3v) is 4.41. The van der Waals surface area contributed by atoms with Crippen molar-refractivity contribution >= 4 is 27.5 Å². The van der Waals surface area contributed by atoms with E-state index >= 15 is 0 Å². The second-order valence-electron chi connectivity index (χ2n) is 4.69. The number of aliphatic hydroxyl groups excluding tert-OH is 1. The molecule has 2 unspecified atom stereocenters. The van der Waals surface area contributed by atoms with Gasteiger partial charge in [0.1, 0.15) is 5.75 Å². The molecule has 0 aromatic heterocycles. The highest BCUT2D eigenvalue weighted by Crippen LogP contribution is 2.38. The summed E-state index contributed by atoms with van der Waals surface area (Å²) in [6.45, 7) is 0.277. The minimum absolute atomic E-state index is 0.277. The molecule has 2 aromatic carbocycles. The molecule has 0 heterocycles. The number of rotatable bonds is 5. The third kappa shape index (κ3) is 3.58. The van der Waals surface area contributed by atoms with Crippen LogP contribution in [0.2, 0.25) is 5.02 Å². The summed E-state index contributed by atoms with van der Waals surface area (Å²) < 4.78 is 6.21. The molecule has 0 spiro atoms. The molecule has 0 aliphatic rings. The molecule has 5 heteroatoms. The first-order valence-electron chi connectivity index (χ1n) is 6.54. The minimum Gasteiger partial charge on any atom is -0.496 e. The zero-order valence-corrected chi connectivity index (χ0v) is 13.9. The van der Waals surface area contributed by atoms with E-state index in [0.717, 1.165) is 15.6 Å². The van der Waals surface area contributed by atoms with Crippen molar-refractivity contribution in [1.29, 1.82) is 0 Å². The van der Waals surface area contributed by atoms with Gasteiger partial charge in [0.05, 0.1) is 13.2 Å². The molecule has 3 N–H and O–H groups in total. The monoisotopic (exact) mass is 369 g/mol. The first-order chi connectivity index (χ1) is 10.1. The van der Waals surface area contributed by atoms with Crippen molar-refractivity contribution < 1.29 is 9.84 Å². The van der Waals surface area contributed by atoms with E-state index in [1.807, 2.05) is 24.3 Å². The van der Waals surface area contributed by atoms with Crippen LogP contribution in [0.1, 0.15) is 23.1 Å². The highest BCUT2D eigenvalue weighted by Gasteiger charge is 2.26. The average molecular weight is 371 g/mol. The van der Waals surface area contributed by atoms with Crippen LogP contribution in [0, 0.1) is 0 Å². The van der Waals surface area contributed by atoms with Crippen LogP contribution in [0.15, 0.2) is 46.9 Å². The van der Waals surface area contributed by atoms with Crippen molar-refractivity contribution in [3.05, 3.63) is 63.1 Å². The van der Waals surface area contributed by atoms with Crippen molar-refractivity contribution in [3.8, 4) is 5.75 Å². The fourth-order valence-corrected chi connectivity index (χ4v) is 3.05. The Kier molecular flexibility index (Phi) is 5.65. The number of hydrogen-bond acceptors (Lipinski definition) is 3. The molecule has 0 bridgehead atoms. The Morgan fingerprint density at radius 1 is 1.24 bits per heavy atom. The Balaban J connectivity index is 2.44. The summed E-state index contributed by atoms with van der Waals surface area (Å²) in [5, 5.41) is 11.3.